The Morgan fingerprint density at radius 1 is 1.29 bits per heavy atom. The van der Waals surface area contributed by atoms with Crippen LogP contribution >= 0.6 is 11.3 Å². The third-order valence-corrected chi connectivity index (χ3v) is 6.77. The van der Waals surface area contributed by atoms with E-state index >= 15 is 0 Å². The summed E-state index contributed by atoms with van der Waals surface area (Å²) in [4.78, 5) is 26.1. The summed E-state index contributed by atoms with van der Waals surface area (Å²) in [6.45, 7) is 3.70. The number of aromatic nitrogens is 2. The van der Waals surface area contributed by atoms with Gasteiger partial charge in [-0.25, -0.2) is 9.97 Å². The van der Waals surface area contributed by atoms with Crippen LogP contribution in [0.2, 0.25) is 0 Å². The monoisotopic (exact) mass is 440 g/mol. The molecule has 4 rings (SSSR count). The third-order valence-electron chi connectivity index (χ3n) is 6.01. The number of nitrogens with zero attached hydrogens (tertiary/aromatic N) is 5. The Labute approximate surface area is 186 Å². The lowest BCUT2D eigenvalue weighted by molar-refractivity contribution is 0.0348. The van der Waals surface area contributed by atoms with Gasteiger partial charge in [-0.1, -0.05) is 6.07 Å². The van der Waals surface area contributed by atoms with Gasteiger partial charge >= 0.3 is 0 Å². The van der Waals surface area contributed by atoms with Crippen LogP contribution in [0.15, 0.2) is 23.6 Å². The summed E-state index contributed by atoms with van der Waals surface area (Å²) in [6.07, 6.45) is 4.12. The normalized spacial score (nSPS) is 20.4. The molecule has 1 amide bonds. The molecule has 2 aromatic rings. The second-order valence-corrected chi connectivity index (χ2v) is 8.93. The molecule has 0 spiro atoms. The largest absolute Gasteiger partial charge is 0.381 e. The molecule has 1 N–H and O–H groups in total. The maximum absolute atomic E-state index is 12.8. The van der Waals surface area contributed by atoms with Gasteiger partial charge in [-0.2, -0.15) is 5.26 Å². The highest BCUT2D eigenvalue weighted by molar-refractivity contribution is 7.14. The number of carbonyl (C=O) groups excluding carboxylic acids is 1. The fourth-order valence-electron chi connectivity index (χ4n) is 4.28. The highest BCUT2D eigenvalue weighted by Crippen LogP contribution is 2.28. The number of ether oxygens (including phenoxy) is 1. The molecule has 164 valence electrons. The quantitative estimate of drug-likeness (QED) is 0.689. The van der Waals surface area contributed by atoms with Crippen molar-refractivity contribution in [2.75, 3.05) is 45.2 Å². The Bertz CT molecular complexity index is 934. The number of hydrogen-bond acceptors (Lipinski definition) is 8. The minimum absolute atomic E-state index is 0.0275. The zero-order valence-corrected chi connectivity index (χ0v) is 18.6. The molecule has 2 aliphatic heterocycles. The van der Waals surface area contributed by atoms with Gasteiger partial charge < -0.3 is 15.0 Å². The third kappa shape index (κ3) is 5.39. The number of carbonyl (C=O) groups is 1. The summed E-state index contributed by atoms with van der Waals surface area (Å²) in [7, 11) is 1.72. The van der Waals surface area contributed by atoms with Gasteiger partial charge in [-0.3, -0.25) is 9.69 Å². The first-order valence-electron chi connectivity index (χ1n) is 10.8. The van der Waals surface area contributed by atoms with Crippen LogP contribution in [0, 0.1) is 11.3 Å². The zero-order chi connectivity index (χ0) is 21.6. The van der Waals surface area contributed by atoms with E-state index in [2.05, 4.69) is 21.3 Å². The molecule has 0 saturated carbocycles. The first-order valence-corrected chi connectivity index (χ1v) is 11.6. The standard InChI is InChI=1S/C22H28N6O2S/c1-30-17-7-11-28(12-8-17)21(29)19-15-31-22(25-19)26-20-6-2-5-18(24-20)16-4-3-10-27(14-16)13-9-23/h2,5-6,15-17H,3-4,7-8,10-14H2,1H3,(H,24,25,26)/t16-/m1/s1. The van der Waals surface area contributed by atoms with Crippen LogP contribution in [-0.2, 0) is 4.74 Å². The molecule has 0 aromatic carbocycles. The highest BCUT2D eigenvalue weighted by atomic mass is 32.1. The smallest absolute Gasteiger partial charge is 0.273 e. The molecule has 31 heavy (non-hydrogen) atoms. The van der Waals surface area contributed by atoms with Gasteiger partial charge in [-0.15, -0.1) is 11.3 Å². The van der Waals surface area contributed by atoms with Crippen LogP contribution in [0.1, 0.15) is 47.8 Å². The van der Waals surface area contributed by atoms with Crippen molar-refractivity contribution in [1.29, 1.82) is 5.26 Å². The average molecular weight is 441 g/mol. The molecule has 1 atom stereocenters. The minimum atomic E-state index is -0.0275. The fraction of sp³-hybridized carbons (Fsp3) is 0.545. The lowest BCUT2D eigenvalue weighted by Crippen LogP contribution is -2.40. The zero-order valence-electron chi connectivity index (χ0n) is 17.8. The Kier molecular flexibility index (Phi) is 7.12. The summed E-state index contributed by atoms with van der Waals surface area (Å²) < 4.78 is 5.38. The van der Waals surface area contributed by atoms with E-state index in [1.807, 2.05) is 23.1 Å². The van der Waals surface area contributed by atoms with Crippen LogP contribution in [-0.4, -0.2) is 71.6 Å². The number of hydrogen-bond donors (Lipinski definition) is 1. The van der Waals surface area contributed by atoms with Crippen molar-refractivity contribution in [3.05, 3.63) is 35.0 Å². The number of likely N-dealkylation sites (tertiary alicyclic amines) is 2. The van der Waals surface area contributed by atoms with Gasteiger partial charge in [0.1, 0.15) is 11.5 Å². The molecular formula is C22H28N6O2S. The number of thiazole rings is 1. The molecule has 2 fully saturated rings. The number of pyridine rings is 1. The van der Waals surface area contributed by atoms with E-state index in [-0.39, 0.29) is 12.0 Å². The maximum Gasteiger partial charge on any atom is 0.273 e. The van der Waals surface area contributed by atoms with Crippen molar-refractivity contribution < 1.29 is 9.53 Å². The Hall–Kier alpha value is -2.54. The van der Waals surface area contributed by atoms with E-state index in [1.165, 1.54) is 11.3 Å². The summed E-state index contributed by atoms with van der Waals surface area (Å²) in [5.74, 6) is 1.02. The number of rotatable bonds is 6. The van der Waals surface area contributed by atoms with Crippen LogP contribution in [0.25, 0.3) is 0 Å². The van der Waals surface area contributed by atoms with Gasteiger partial charge in [0.2, 0.25) is 0 Å². The molecule has 0 radical (unpaired) electrons. The topological polar surface area (TPSA) is 94.4 Å². The molecule has 8 nitrogen and oxygen atoms in total. The minimum Gasteiger partial charge on any atom is -0.381 e. The molecule has 9 heteroatoms. The summed E-state index contributed by atoms with van der Waals surface area (Å²) in [6, 6.07) is 8.20. The average Bonchev–Trinajstić information content (AvgIpc) is 3.28. The molecule has 0 bridgehead atoms. The van der Waals surface area contributed by atoms with Crippen LogP contribution in [0.5, 0.6) is 0 Å². The SMILES string of the molecule is COC1CCN(C(=O)c2csc(Nc3cccc([C@@H]4CCCN(CC#N)C4)n3)n2)CC1. The fourth-order valence-corrected chi connectivity index (χ4v) is 4.98. The molecule has 0 unspecified atom stereocenters. The molecule has 4 heterocycles. The number of anilines is 2. The number of piperidine rings is 2. The van der Waals surface area contributed by atoms with Gasteiger partial charge in [0, 0.05) is 43.7 Å². The van der Waals surface area contributed by atoms with E-state index in [9.17, 15) is 4.79 Å². The maximum atomic E-state index is 12.8. The molecular weight excluding hydrogens is 412 g/mol. The van der Waals surface area contributed by atoms with Gasteiger partial charge in [0.05, 0.1) is 18.7 Å². The van der Waals surface area contributed by atoms with E-state index in [0.29, 0.717) is 36.4 Å². The second kappa shape index (κ2) is 10.2. The van der Waals surface area contributed by atoms with E-state index in [1.54, 1.807) is 12.5 Å². The lowest BCUT2D eigenvalue weighted by atomic mass is 9.94. The van der Waals surface area contributed by atoms with Gasteiger partial charge in [0.15, 0.2) is 5.13 Å². The van der Waals surface area contributed by atoms with Crippen LogP contribution in [0.3, 0.4) is 0 Å². The first kappa shape index (κ1) is 21.7. The summed E-state index contributed by atoms with van der Waals surface area (Å²) in [5.41, 5.74) is 1.50. The number of methoxy groups -OCH3 is 1. The Balaban J connectivity index is 1.38. The van der Waals surface area contributed by atoms with Gasteiger partial charge in [0.25, 0.3) is 5.91 Å². The van der Waals surface area contributed by atoms with E-state index in [0.717, 1.165) is 50.3 Å². The Morgan fingerprint density at radius 3 is 2.90 bits per heavy atom. The number of amides is 1. The Morgan fingerprint density at radius 2 is 2.13 bits per heavy atom. The van der Waals surface area contributed by atoms with Crippen molar-refractivity contribution in [2.24, 2.45) is 0 Å². The molecule has 0 aliphatic carbocycles. The van der Waals surface area contributed by atoms with Crippen LogP contribution < -0.4 is 5.32 Å². The molecule has 2 saturated heterocycles. The second-order valence-electron chi connectivity index (χ2n) is 8.07. The van der Waals surface area contributed by atoms with Gasteiger partial charge in [-0.05, 0) is 44.4 Å². The first-order chi connectivity index (χ1) is 15.2. The predicted octanol–water partition coefficient (Wildman–Crippen LogP) is 3.24. The summed E-state index contributed by atoms with van der Waals surface area (Å²) >= 11 is 1.41. The summed E-state index contributed by atoms with van der Waals surface area (Å²) in [5, 5.41) is 14.7. The van der Waals surface area contributed by atoms with Crippen molar-refractivity contribution in [2.45, 2.75) is 37.7 Å². The van der Waals surface area contributed by atoms with Crippen molar-refractivity contribution in [3.8, 4) is 6.07 Å². The van der Waals surface area contributed by atoms with Crippen LogP contribution in [0.4, 0.5) is 10.9 Å². The van der Waals surface area contributed by atoms with Crippen molar-refractivity contribution >= 4 is 28.2 Å². The van der Waals surface area contributed by atoms with Crippen molar-refractivity contribution in [3.63, 3.8) is 0 Å². The van der Waals surface area contributed by atoms with E-state index < -0.39 is 0 Å². The highest BCUT2D eigenvalue weighted by Gasteiger charge is 2.25. The number of nitrogens with one attached hydrogen (secondary N) is 1. The van der Waals surface area contributed by atoms with E-state index in [4.69, 9.17) is 15.0 Å². The molecule has 2 aromatic heterocycles. The number of nitriles is 1. The van der Waals surface area contributed by atoms with Crippen molar-refractivity contribution in [1.82, 2.24) is 19.8 Å². The predicted molar refractivity (Wildman–Crippen MR) is 120 cm³/mol. The molecule has 2 aliphatic rings. The lowest BCUT2D eigenvalue weighted by Gasteiger charge is -2.30.